The van der Waals surface area contributed by atoms with Crippen molar-refractivity contribution < 1.29 is 9.53 Å². The molecule has 0 bridgehead atoms. The number of hydrogen-bond donors (Lipinski definition) is 1. The van der Waals surface area contributed by atoms with Crippen molar-refractivity contribution in [1.82, 2.24) is 9.88 Å². The van der Waals surface area contributed by atoms with Gasteiger partial charge in [0.2, 0.25) is 0 Å². The van der Waals surface area contributed by atoms with Crippen LogP contribution >= 0.6 is 0 Å². The summed E-state index contributed by atoms with van der Waals surface area (Å²) < 4.78 is 6.02. The molecule has 0 radical (unpaired) electrons. The summed E-state index contributed by atoms with van der Waals surface area (Å²) in [6.45, 7) is 4.30. The van der Waals surface area contributed by atoms with Crippen molar-refractivity contribution in [3.63, 3.8) is 0 Å². The van der Waals surface area contributed by atoms with E-state index in [2.05, 4.69) is 18.0 Å². The maximum Gasteiger partial charge on any atom is 0.253 e. The number of piperidine rings is 1. The van der Waals surface area contributed by atoms with Gasteiger partial charge in [-0.25, -0.2) is 0 Å². The fourth-order valence-corrected chi connectivity index (χ4v) is 3.68. The predicted molar refractivity (Wildman–Crippen MR) is 104 cm³/mol. The summed E-state index contributed by atoms with van der Waals surface area (Å²) in [6, 6.07) is 15.9. The number of ether oxygens (including phenoxy) is 1. The smallest absolute Gasteiger partial charge is 0.253 e. The molecule has 4 heteroatoms. The van der Waals surface area contributed by atoms with Crippen LogP contribution in [-0.4, -0.2) is 35.5 Å². The van der Waals surface area contributed by atoms with Gasteiger partial charge in [-0.05, 0) is 55.7 Å². The van der Waals surface area contributed by atoms with E-state index in [1.54, 1.807) is 0 Å². The Balaban J connectivity index is 1.41. The second-order valence-corrected chi connectivity index (χ2v) is 7.12. The standard InChI is InChI=1S/C22H24N2O2/c1-16-5-2-3-7-21(16)26-15-17-6-4-12-24(14-17)22(25)19-8-9-20-18(13-19)10-11-23-20/h2-3,5,7-11,13,17,23H,4,6,12,14-15H2,1H3. The number of aromatic amines is 1. The highest BCUT2D eigenvalue weighted by Gasteiger charge is 2.25. The molecule has 4 rings (SSSR count). The van der Waals surface area contributed by atoms with Crippen molar-refractivity contribution in [2.45, 2.75) is 19.8 Å². The minimum Gasteiger partial charge on any atom is -0.493 e. The van der Waals surface area contributed by atoms with E-state index < -0.39 is 0 Å². The molecule has 2 aromatic carbocycles. The molecule has 1 N–H and O–H groups in total. The number of hydrogen-bond acceptors (Lipinski definition) is 2. The third-order valence-electron chi connectivity index (χ3n) is 5.17. The summed E-state index contributed by atoms with van der Waals surface area (Å²) in [5, 5.41) is 1.08. The molecule has 134 valence electrons. The number of rotatable bonds is 4. The van der Waals surface area contributed by atoms with Gasteiger partial charge in [0.15, 0.2) is 0 Å². The minimum atomic E-state index is 0.119. The van der Waals surface area contributed by atoms with E-state index in [4.69, 9.17) is 4.74 Å². The normalized spacial score (nSPS) is 17.4. The van der Waals surface area contributed by atoms with Gasteiger partial charge in [0.1, 0.15) is 5.75 Å². The molecule has 1 amide bonds. The Hall–Kier alpha value is -2.75. The van der Waals surface area contributed by atoms with Gasteiger partial charge in [-0.15, -0.1) is 0 Å². The number of aryl methyl sites for hydroxylation is 1. The maximum absolute atomic E-state index is 12.9. The Morgan fingerprint density at radius 1 is 1.23 bits per heavy atom. The molecular weight excluding hydrogens is 324 g/mol. The Morgan fingerprint density at radius 3 is 3.00 bits per heavy atom. The quantitative estimate of drug-likeness (QED) is 0.759. The van der Waals surface area contributed by atoms with Gasteiger partial charge in [-0.1, -0.05) is 18.2 Å². The molecule has 1 saturated heterocycles. The topological polar surface area (TPSA) is 45.3 Å². The van der Waals surface area contributed by atoms with Crippen molar-refractivity contribution in [2.24, 2.45) is 5.92 Å². The van der Waals surface area contributed by atoms with Gasteiger partial charge in [-0.2, -0.15) is 0 Å². The van der Waals surface area contributed by atoms with Crippen LogP contribution in [0.1, 0.15) is 28.8 Å². The number of H-pyrrole nitrogens is 1. The molecule has 1 unspecified atom stereocenters. The van der Waals surface area contributed by atoms with Crippen LogP contribution in [0.3, 0.4) is 0 Å². The molecule has 4 nitrogen and oxygen atoms in total. The van der Waals surface area contributed by atoms with E-state index in [1.165, 1.54) is 0 Å². The Bertz CT molecular complexity index is 915. The number of para-hydroxylation sites is 1. The van der Waals surface area contributed by atoms with E-state index >= 15 is 0 Å². The van der Waals surface area contributed by atoms with Gasteiger partial charge in [0.05, 0.1) is 6.61 Å². The third kappa shape index (κ3) is 3.45. The zero-order valence-corrected chi connectivity index (χ0v) is 15.1. The first-order valence-corrected chi connectivity index (χ1v) is 9.25. The summed E-state index contributed by atoms with van der Waals surface area (Å²) in [5.41, 5.74) is 2.97. The number of aromatic nitrogens is 1. The molecule has 0 spiro atoms. The SMILES string of the molecule is Cc1ccccc1OCC1CCCN(C(=O)c2ccc3[nH]ccc3c2)C1. The Morgan fingerprint density at radius 2 is 2.12 bits per heavy atom. The van der Waals surface area contributed by atoms with Crippen molar-refractivity contribution >= 4 is 16.8 Å². The highest BCUT2D eigenvalue weighted by atomic mass is 16.5. The van der Waals surface area contributed by atoms with Crippen LogP contribution in [0.5, 0.6) is 5.75 Å². The van der Waals surface area contributed by atoms with Crippen LogP contribution in [0, 0.1) is 12.8 Å². The van der Waals surface area contributed by atoms with Crippen LogP contribution in [0.15, 0.2) is 54.7 Å². The van der Waals surface area contributed by atoms with E-state index in [1.807, 2.05) is 53.6 Å². The fourth-order valence-electron chi connectivity index (χ4n) is 3.68. The van der Waals surface area contributed by atoms with Gasteiger partial charge < -0.3 is 14.6 Å². The van der Waals surface area contributed by atoms with Crippen LogP contribution in [0.4, 0.5) is 0 Å². The Kier molecular flexibility index (Phi) is 4.65. The molecule has 0 saturated carbocycles. The predicted octanol–water partition coefficient (Wildman–Crippen LogP) is 4.41. The number of benzene rings is 2. The second kappa shape index (κ2) is 7.24. The molecule has 2 heterocycles. The molecular formula is C22H24N2O2. The van der Waals surface area contributed by atoms with Gasteiger partial charge in [0.25, 0.3) is 5.91 Å². The largest absolute Gasteiger partial charge is 0.493 e. The average Bonchev–Trinajstić information content (AvgIpc) is 3.15. The number of nitrogens with one attached hydrogen (secondary N) is 1. The highest BCUT2D eigenvalue weighted by Crippen LogP contribution is 2.23. The summed E-state index contributed by atoms with van der Waals surface area (Å²) in [5.74, 6) is 1.44. The van der Waals surface area contributed by atoms with E-state index in [-0.39, 0.29) is 5.91 Å². The monoisotopic (exact) mass is 348 g/mol. The van der Waals surface area contributed by atoms with Crippen molar-refractivity contribution in [3.05, 3.63) is 65.9 Å². The summed E-state index contributed by atoms with van der Waals surface area (Å²) >= 11 is 0. The van der Waals surface area contributed by atoms with E-state index in [0.29, 0.717) is 12.5 Å². The Labute approximate surface area is 153 Å². The second-order valence-electron chi connectivity index (χ2n) is 7.12. The first-order valence-electron chi connectivity index (χ1n) is 9.25. The molecule has 1 aliphatic heterocycles. The molecule has 26 heavy (non-hydrogen) atoms. The van der Waals surface area contributed by atoms with Gasteiger partial charge in [0, 0.05) is 41.7 Å². The summed E-state index contributed by atoms with van der Waals surface area (Å²) in [7, 11) is 0. The summed E-state index contributed by atoms with van der Waals surface area (Å²) in [4.78, 5) is 18.1. The van der Waals surface area contributed by atoms with E-state index in [9.17, 15) is 4.79 Å². The molecule has 3 aromatic rings. The number of carbonyl (C=O) groups excluding carboxylic acids is 1. The van der Waals surface area contributed by atoms with Crippen LogP contribution in [0.2, 0.25) is 0 Å². The maximum atomic E-state index is 12.9. The van der Waals surface area contributed by atoms with Gasteiger partial charge in [-0.3, -0.25) is 4.79 Å². The van der Waals surface area contributed by atoms with Crippen molar-refractivity contribution in [2.75, 3.05) is 19.7 Å². The first-order chi connectivity index (χ1) is 12.7. The third-order valence-corrected chi connectivity index (χ3v) is 5.17. The van der Waals surface area contributed by atoms with E-state index in [0.717, 1.165) is 53.7 Å². The summed E-state index contributed by atoms with van der Waals surface area (Å²) in [6.07, 6.45) is 4.03. The molecule has 1 atom stereocenters. The average molecular weight is 348 g/mol. The lowest BCUT2D eigenvalue weighted by Gasteiger charge is -2.33. The van der Waals surface area contributed by atoms with Crippen LogP contribution in [-0.2, 0) is 0 Å². The lowest BCUT2D eigenvalue weighted by atomic mass is 9.98. The number of carbonyl (C=O) groups is 1. The first kappa shape index (κ1) is 16.7. The number of likely N-dealkylation sites (tertiary alicyclic amines) is 1. The van der Waals surface area contributed by atoms with Gasteiger partial charge >= 0.3 is 0 Å². The lowest BCUT2D eigenvalue weighted by molar-refractivity contribution is 0.0633. The zero-order valence-electron chi connectivity index (χ0n) is 15.1. The minimum absolute atomic E-state index is 0.119. The number of fused-ring (bicyclic) bond motifs is 1. The number of nitrogens with zero attached hydrogens (tertiary/aromatic N) is 1. The fraction of sp³-hybridized carbons (Fsp3) is 0.318. The molecule has 1 aliphatic rings. The lowest BCUT2D eigenvalue weighted by Crippen LogP contribution is -2.41. The van der Waals surface area contributed by atoms with Crippen molar-refractivity contribution in [1.29, 1.82) is 0 Å². The molecule has 1 aromatic heterocycles. The van der Waals surface area contributed by atoms with Crippen molar-refractivity contribution in [3.8, 4) is 5.75 Å². The molecule has 1 fully saturated rings. The van der Waals surface area contributed by atoms with Crippen LogP contribution < -0.4 is 4.74 Å². The zero-order chi connectivity index (χ0) is 17.9. The van der Waals surface area contributed by atoms with Crippen LogP contribution in [0.25, 0.3) is 10.9 Å². The molecule has 0 aliphatic carbocycles. The highest BCUT2D eigenvalue weighted by molar-refractivity contribution is 5.98. The number of amides is 1.